The number of carbonyl (C=O) groups is 1. The third-order valence-electron chi connectivity index (χ3n) is 7.19. The molecular weight excluding hydrogens is 461 g/mol. The zero-order chi connectivity index (χ0) is 25.3. The van der Waals surface area contributed by atoms with E-state index in [-0.39, 0.29) is 17.5 Å². The van der Waals surface area contributed by atoms with Gasteiger partial charge in [0.25, 0.3) is 5.69 Å². The first-order valence-electron chi connectivity index (χ1n) is 11.8. The maximum Gasteiger partial charge on any atom is 0.416 e. The highest BCUT2D eigenvalue weighted by Gasteiger charge is 2.36. The monoisotopic (exact) mass is 490 g/mol. The number of benzene rings is 2. The number of nitro benzene ring substituents is 1. The Balaban J connectivity index is 1.36. The molecule has 1 amide bonds. The van der Waals surface area contributed by atoms with E-state index in [4.69, 9.17) is 0 Å². The lowest BCUT2D eigenvalue weighted by Crippen LogP contribution is -2.52. The Hall–Kier alpha value is -3.30. The van der Waals surface area contributed by atoms with Crippen molar-refractivity contribution in [1.82, 2.24) is 4.90 Å². The van der Waals surface area contributed by atoms with Gasteiger partial charge in [-0.25, -0.2) is 0 Å². The molecule has 0 N–H and O–H groups in total. The lowest BCUT2D eigenvalue weighted by molar-refractivity contribution is -0.384. The van der Waals surface area contributed by atoms with E-state index >= 15 is 0 Å². The van der Waals surface area contributed by atoms with Crippen LogP contribution in [-0.2, 0) is 11.0 Å². The number of anilines is 2. The molecule has 0 radical (unpaired) electrons. The van der Waals surface area contributed by atoms with E-state index in [1.54, 1.807) is 4.90 Å². The number of nitrogens with zero attached hydrogens (tertiary/aromatic N) is 4. The molecule has 0 saturated carbocycles. The highest BCUT2D eigenvalue weighted by molar-refractivity contribution is 5.80. The minimum atomic E-state index is -4.65. The fourth-order valence-electron chi connectivity index (χ4n) is 4.98. The predicted molar refractivity (Wildman–Crippen MR) is 128 cm³/mol. The average Bonchev–Trinajstić information content (AvgIpc) is 2.84. The number of piperazine rings is 1. The van der Waals surface area contributed by atoms with Crippen molar-refractivity contribution in [2.45, 2.75) is 32.9 Å². The third-order valence-corrected chi connectivity index (χ3v) is 7.19. The minimum absolute atomic E-state index is 0.0900. The molecule has 0 aromatic heterocycles. The lowest BCUT2D eigenvalue weighted by atomic mass is 9.94. The summed E-state index contributed by atoms with van der Waals surface area (Å²) in [7, 11) is 0. The number of rotatable bonds is 4. The van der Waals surface area contributed by atoms with Crippen molar-refractivity contribution in [2.24, 2.45) is 5.92 Å². The minimum Gasteiger partial charge on any atom is -0.368 e. The molecule has 0 unspecified atom stereocenters. The van der Waals surface area contributed by atoms with Crippen molar-refractivity contribution in [3.05, 3.63) is 63.2 Å². The first-order chi connectivity index (χ1) is 16.6. The summed E-state index contributed by atoms with van der Waals surface area (Å²) >= 11 is 0. The van der Waals surface area contributed by atoms with Crippen molar-refractivity contribution in [1.29, 1.82) is 0 Å². The Kier molecular flexibility index (Phi) is 6.91. The number of nitro groups is 1. The van der Waals surface area contributed by atoms with Crippen molar-refractivity contribution in [3.8, 4) is 0 Å². The second kappa shape index (κ2) is 9.75. The molecule has 35 heavy (non-hydrogen) atoms. The number of piperidine rings is 1. The van der Waals surface area contributed by atoms with E-state index in [1.807, 2.05) is 11.0 Å². The summed E-state index contributed by atoms with van der Waals surface area (Å²) in [5, 5.41) is 11.4. The van der Waals surface area contributed by atoms with Crippen LogP contribution in [0.4, 0.5) is 30.2 Å². The van der Waals surface area contributed by atoms with E-state index in [2.05, 4.69) is 30.9 Å². The Morgan fingerprint density at radius 3 is 2.17 bits per heavy atom. The summed E-state index contributed by atoms with van der Waals surface area (Å²) in [6.45, 7) is 7.74. The zero-order valence-electron chi connectivity index (χ0n) is 19.8. The second-order valence-corrected chi connectivity index (χ2v) is 9.25. The van der Waals surface area contributed by atoms with Gasteiger partial charge < -0.3 is 14.7 Å². The topological polar surface area (TPSA) is 69.9 Å². The van der Waals surface area contributed by atoms with E-state index in [0.717, 1.165) is 25.2 Å². The summed E-state index contributed by atoms with van der Waals surface area (Å²) in [5.74, 6) is -0.0980. The summed E-state index contributed by atoms with van der Waals surface area (Å²) in [5.41, 5.74) is 2.24. The van der Waals surface area contributed by atoms with Crippen molar-refractivity contribution < 1.29 is 22.9 Å². The van der Waals surface area contributed by atoms with E-state index in [9.17, 15) is 28.1 Å². The molecule has 2 aliphatic heterocycles. The number of alkyl halides is 3. The standard InChI is InChI=1S/C25H29F3N4O3/c1-17-4-3-5-21(18(17)2)30-12-14-31(15-13-30)24(33)19-8-10-29(11-9-19)22-7-6-20(25(26,27)28)16-23(22)32(34)35/h3-7,16,19H,8-15H2,1-2H3. The summed E-state index contributed by atoms with van der Waals surface area (Å²) < 4.78 is 39.0. The highest BCUT2D eigenvalue weighted by atomic mass is 19.4. The zero-order valence-corrected chi connectivity index (χ0v) is 19.8. The van der Waals surface area contributed by atoms with Crippen LogP contribution in [0, 0.1) is 29.9 Å². The van der Waals surface area contributed by atoms with Gasteiger partial charge in [-0.3, -0.25) is 14.9 Å². The van der Waals surface area contributed by atoms with Gasteiger partial charge in [0.2, 0.25) is 5.91 Å². The molecule has 2 aliphatic rings. The maximum atomic E-state index is 13.1. The molecule has 2 heterocycles. The molecular formula is C25H29F3N4O3. The predicted octanol–water partition coefficient (Wildman–Crippen LogP) is 4.80. The molecule has 4 rings (SSSR count). The second-order valence-electron chi connectivity index (χ2n) is 9.25. The molecule has 2 fully saturated rings. The lowest BCUT2D eigenvalue weighted by Gasteiger charge is -2.40. The molecule has 0 aliphatic carbocycles. The largest absolute Gasteiger partial charge is 0.416 e. The van der Waals surface area contributed by atoms with Gasteiger partial charge in [-0.1, -0.05) is 12.1 Å². The molecule has 2 saturated heterocycles. The van der Waals surface area contributed by atoms with E-state index < -0.39 is 22.4 Å². The number of carbonyl (C=O) groups excluding carboxylic acids is 1. The SMILES string of the molecule is Cc1cccc(N2CCN(C(=O)C3CCN(c4ccc(C(F)(F)F)cc4[N+](=O)[O-])CC3)CC2)c1C. The Bertz CT molecular complexity index is 1110. The van der Waals surface area contributed by atoms with Gasteiger partial charge in [0.05, 0.1) is 10.5 Å². The fraction of sp³-hybridized carbons (Fsp3) is 0.480. The van der Waals surface area contributed by atoms with Gasteiger partial charge in [0.15, 0.2) is 0 Å². The smallest absolute Gasteiger partial charge is 0.368 e. The number of hydrogen-bond donors (Lipinski definition) is 0. The molecule has 10 heteroatoms. The van der Waals surface area contributed by atoms with Crippen LogP contribution in [-0.4, -0.2) is 55.0 Å². The first kappa shape index (κ1) is 24.8. The Morgan fingerprint density at radius 1 is 0.943 bits per heavy atom. The normalized spacial score (nSPS) is 17.6. The van der Waals surface area contributed by atoms with Gasteiger partial charge in [-0.15, -0.1) is 0 Å². The fourth-order valence-corrected chi connectivity index (χ4v) is 4.98. The van der Waals surface area contributed by atoms with Crippen LogP contribution >= 0.6 is 0 Å². The van der Waals surface area contributed by atoms with Gasteiger partial charge >= 0.3 is 6.18 Å². The van der Waals surface area contributed by atoms with Crippen LogP contribution in [0.1, 0.15) is 29.5 Å². The highest BCUT2D eigenvalue weighted by Crippen LogP contribution is 2.38. The summed E-state index contributed by atoms with van der Waals surface area (Å²) in [6, 6.07) is 8.86. The van der Waals surface area contributed by atoms with Crippen LogP contribution in [0.15, 0.2) is 36.4 Å². The van der Waals surface area contributed by atoms with E-state index in [1.165, 1.54) is 16.8 Å². The van der Waals surface area contributed by atoms with Crippen LogP contribution < -0.4 is 9.80 Å². The molecule has 7 nitrogen and oxygen atoms in total. The number of amides is 1. The molecule has 2 aromatic rings. The number of halogens is 3. The van der Waals surface area contributed by atoms with Gasteiger partial charge in [0, 0.05) is 56.9 Å². The van der Waals surface area contributed by atoms with Crippen molar-refractivity contribution >= 4 is 23.0 Å². The van der Waals surface area contributed by atoms with E-state index in [0.29, 0.717) is 45.1 Å². The molecule has 0 atom stereocenters. The van der Waals surface area contributed by atoms with Crippen LogP contribution in [0.3, 0.4) is 0 Å². The summed E-state index contributed by atoms with van der Waals surface area (Å²) in [4.78, 5) is 29.7. The van der Waals surface area contributed by atoms with Gasteiger partial charge in [-0.2, -0.15) is 13.2 Å². The molecule has 0 bridgehead atoms. The number of hydrogen-bond acceptors (Lipinski definition) is 5. The summed E-state index contributed by atoms with van der Waals surface area (Å²) in [6.07, 6.45) is -3.63. The molecule has 0 spiro atoms. The van der Waals surface area contributed by atoms with Crippen LogP contribution in [0.5, 0.6) is 0 Å². The quantitative estimate of drug-likeness (QED) is 0.455. The van der Waals surface area contributed by atoms with Crippen molar-refractivity contribution in [3.63, 3.8) is 0 Å². The molecule has 188 valence electrons. The maximum absolute atomic E-state index is 13.1. The van der Waals surface area contributed by atoms with Gasteiger partial charge in [-0.05, 0) is 56.0 Å². The third kappa shape index (κ3) is 5.21. The Morgan fingerprint density at radius 2 is 1.57 bits per heavy atom. The average molecular weight is 491 g/mol. The molecule has 2 aromatic carbocycles. The number of aryl methyl sites for hydroxylation is 1. The van der Waals surface area contributed by atoms with Gasteiger partial charge in [0.1, 0.15) is 5.69 Å². The Labute approximate surface area is 202 Å². The van der Waals surface area contributed by atoms with Crippen LogP contribution in [0.2, 0.25) is 0 Å². The van der Waals surface area contributed by atoms with Crippen LogP contribution in [0.25, 0.3) is 0 Å². The van der Waals surface area contributed by atoms with Crippen molar-refractivity contribution in [2.75, 3.05) is 49.1 Å². The first-order valence-corrected chi connectivity index (χ1v) is 11.8.